The molecule has 90 valence electrons. The molecule has 0 saturated heterocycles. The van der Waals surface area contributed by atoms with E-state index in [2.05, 4.69) is 20.3 Å². The van der Waals surface area contributed by atoms with Crippen molar-refractivity contribution in [2.75, 3.05) is 16.8 Å². The van der Waals surface area contributed by atoms with Crippen LogP contribution in [0.2, 0.25) is 0 Å². The highest BCUT2D eigenvalue weighted by molar-refractivity contribution is 6.58. The Labute approximate surface area is 92.5 Å². The summed E-state index contributed by atoms with van der Waals surface area (Å²) in [6.07, 6.45) is 0.279. The zero-order valence-corrected chi connectivity index (χ0v) is 9.62. The monoisotopic (exact) mass is 246 g/mol. The summed E-state index contributed by atoms with van der Waals surface area (Å²) in [5.41, 5.74) is 9.72. The Balaban J connectivity index is 2.86. The minimum Gasteiger partial charge on any atom is -0.389 e. The van der Waals surface area contributed by atoms with Crippen LogP contribution in [-0.4, -0.2) is 43.8 Å². The molecule has 1 aromatic rings. The van der Waals surface area contributed by atoms with Crippen molar-refractivity contribution in [1.29, 1.82) is 0 Å². The number of rotatable bonds is 4. The lowest BCUT2D eigenvalue weighted by Crippen LogP contribution is -2.52. The number of hydrogen-bond donors (Lipinski definition) is 6. The maximum atomic E-state index is 9.13. The quantitative estimate of drug-likeness (QED) is 0.320. The third-order valence-corrected chi connectivity index (χ3v) is 3.34. The van der Waals surface area contributed by atoms with Crippen molar-refractivity contribution in [3.63, 3.8) is 0 Å². The highest BCUT2D eigenvalue weighted by Crippen LogP contribution is 2.10. The number of nitrogen functional groups attached to an aromatic ring is 2. The molecule has 0 aliphatic heterocycles. The summed E-state index contributed by atoms with van der Waals surface area (Å²) in [5.74, 6) is -0.192. The molecule has 0 radical (unpaired) electrons. The van der Waals surface area contributed by atoms with E-state index in [0.29, 0.717) is 0 Å². The van der Waals surface area contributed by atoms with E-state index in [4.69, 9.17) is 25.9 Å². The van der Waals surface area contributed by atoms with E-state index in [1.807, 2.05) is 0 Å². The Hall–Kier alpha value is -1.49. The van der Waals surface area contributed by atoms with Crippen LogP contribution in [0.4, 0.5) is 17.8 Å². The third-order valence-electron chi connectivity index (χ3n) is 1.85. The maximum Gasteiger partial charge on any atom is 0.516 e. The second kappa shape index (κ2) is 4.57. The predicted octanol–water partition coefficient (Wildman–Crippen LogP) is -2.32. The molecule has 0 aliphatic carbocycles. The molecule has 0 amide bonds. The van der Waals surface area contributed by atoms with Gasteiger partial charge in [-0.25, -0.2) is 0 Å². The summed E-state index contributed by atoms with van der Waals surface area (Å²) in [7, 11) is -4.30. The first-order valence-electron chi connectivity index (χ1n) is 4.53. The lowest BCUT2D eigenvalue weighted by molar-refractivity contribution is 0.214. The van der Waals surface area contributed by atoms with Gasteiger partial charge in [0, 0.05) is 0 Å². The fraction of sp³-hybridized carbons (Fsp3) is 0.500. The fourth-order valence-corrected chi connectivity index (χ4v) is 1.97. The van der Waals surface area contributed by atoms with Gasteiger partial charge in [-0.2, -0.15) is 15.0 Å². The number of hydrogen-bond acceptors (Lipinski definition) is 9. The molecule has 1 unspecified atom stereocenters. The van der Waals surface area contributed by atoms with Gasteiger partial charge in [-0.05, 0) is 6.42 Å². The first-order valence-corrected chi connectivity index (χ1v) is 6.45. The van der Waals surface area contributed by atoms with Crippen LogP contribution in [0, 0.1) is 0 Å². The molecule has 1 rings (SSSR count). The van der Waals surface area contributed by atoms with Crippen LogP contribution in [0.25, 0.3) is 0 Å². The van der Waals surface area contributed by atoms with Gasteiger partial charge in [0.05, 0.1) is 5.67 Å². The Morgan fingerprint density at radius 1 is 1.19 bits per heavy atom. The molecule has 16 heavy (non-hydrogen) atoms. The molecule has 0 aromatic carbocycles. The van der Waals surface area contributed by atoms with Crippen molar-refractivity contribution >= 4 is 26.6 Å². The van der Waals surface area contributed by atoms with E-state index in [9.17, 15) is 0 Å². The molecule has 8 N–H and O–H groups in total. The van der Waals surface area contributed by atoms with Gasteiger partial charge in [0.1, 0.15) is 0 Å². The second-order valence-electron chi connectivity index (χ2n) is 3.17. The number of nitrogens with zero attached hydrogens (tertiary/aromatic N) is 3. The van der Waals surface area contributed by atoms with Crippen molar-refractivity contribution < 1.29 is 14.4 Å². The van der Waals surface area contributed by atoms with Crippen LogP contribution in [0.3, 0.4) is 0 Å². The van der Waals surface area contributed by atoms with Crippen molar-refractivity contribution in [1.82, 2.24) is 15.0 Å². The van der Waals surface area contributed by atoms with Crippen molar-refractivity contribution in [2.24, 2.45) is 0 Å². The molecule has 0 spiro atoms. The maximum absolute atomic E-state index is 9.13. The van der Waals surface area contributed by atoms with E-state index in [-0.39, 0.29) is 24.3 Å². The SMILES string of the molecule is CCC(Nc1nc(N)nc(N)n1)[Si](O)(O)O. The number of anilines is 3. The number of aromatic nitrogens is 3. The molecule has 1 atom stereocenters. The molecule has 1 heterocycles. The van der Waals surface area contributed by atoms with E-state index in [0.717, 1.165) is 0 Å². The van der Waals surface area contributed by atoms with Gasteiger partial charge < -0.3 is 31.2 Å². The topological polar surface area (TPSA) is 163 Å². The minimum absolute atomic E-state index is 0.00845. The van der Waals surface area contributed by atoms with E-state index >= 15 is 0 Å². The van der Waals surface area contributed by atoms with Crippen LogP contribution in [0.1, 0.15) is 13.3 Å². The zero-order chi connectivity index (χ0) is 12.3. The summed E-state index contributed by atoms with van der Waals surface area (Å²) in [4.78, 5) is 38.3. The molecule has 1 aromatic heterocycles. The summed E-state index contributed by atoms with van der Waals surface area (Å²) in [5, 5.41) is 2.54. The Morgan fingerprint density at radius 2 is 1.69 bits per heavy atom. The highest BCUT2D eigenvalue weighted by atomic mass is 28.4. The van der Waals surface area contributed by atoms with Crippen LogP contribution >= 0.6 is 0 Å². The van der Waals surface area contributed by atoms with Crippen molar-refractivity contribution in [3.8, 4) is 0 Å². The standard InChI is InChI=1S/C6H14N6O3Si/c1-2-3(16(13,14)15)9-6-11-4(7)10-5(8)12-6/h3,13-15H,2H2,1H3,(H5,7,8,9,10,11,12). The van der Waals surface area contributed by atoms with Gasteiger partial charge in [-0.1, -0.05) is 6.92 Å². The smallest absolute Gasteiger partial charge is 0.389 e. The Bertz CT molecular complexity index is 350. The van der Waals surface area contributed by atoms with Gasteiger partial charge in [-0.15, -0.1) is 0 Å². The van der Waals surface area contributed by atoms with Gasteiger partial charge in [0.2, 0.25) is 17.8 Å². The van der Waals surface area contributed by atoms with Gasteiger partial charge in [0.15, 0.2) is 0 Å². The number of nitrogens with one attached hydrogen (secondary N) is 1. The molecular weight excluding hydrogens is 232 g/mol. The first kappa shape index (κ1) is 12.6. The molecule has 0 fully saturated rings. The summed E-state index contributed by atoms with van der Waals surface area (Å²) in [6.45, 7) is 1.66. The van der Waals surface area contributed by atoms with Crippen molar-refractivity contribution in [2.45, 2.75) is 19.0 Å². The van der Waals surface area contributed by atoms with Gasteiger partial charge >= 0.3 is 8.80 Å². The largest absolute Gasteiger partial charge is 0.516 e. The van der Waals surface area contributed by atoms with Gasteiger partial charge in [-0.3, -0.25) is 0 Å². The van der Waals surface area contributed by atoms with Crippen LogP contribution in [0.5, 0.6) is 0 Å². The summed E-state index contributed by atoms with van der Waals surface area (Å²) >= 11 is 0. The summed E-state index contributed by atoms with van der Waals surface area (Å²) < 4.78 is 0. The second-order valence-corrected chi connectivity index (χ2v) is 5.24. The van der Waals surface area contributed by atoms with Gasteiger partial charge in [0.25, 0.3) is 0 Å². The molecule has 10 heteroatoms. The molecule has 0 aliphatic rings. The average Bonchev–Trinajstić information content (AvgIpc) is 2.10. The molecule has 0 bridgehead atoms. The van der Waals surface area contributed by atoms with E-state index in [1.54, 1.807) is 6.92 Å². The molecular formula is C6H14N6O3Si. The minimum atomic E-state index is -4.30. The average molecular weight is 246 g/mol. The first-order chi connectivity index (χ1) is 7.32. The van der Waals surface area contributed by atoms with Crippen LogP contribution in [-0.2, 0) is 0 Å². The highest BCUT2D eigenvalue weighted by Gasteiger charge is 2.38. The molecule has 0 saturated carbocycles. The van der Waals surface area contributed by atoms with E-state index in [1.165, 1.54) is 0 Å². The van der Waals surface area contributed by atoms with Crippen LogP contribution in [0.15, 0.2) is 0 Å². The lowest BCUT2D eigenvalue weighted by Gasteiger charge is -2.21. The normalized spacial score (nSPS) is 13.5. The van der Waals surface area contributed by atoms with Crippen molar-refractivity contribution in [3.05, 3.63) is 0 Å². The Kier molecular flexibility index (Phi) is 3.59. The number of nitrogens with two attached hydrogens (primary N) is 2. The third kappa shape index (κ3) is 3.27. The Morgan fingerprint density at radius 3 is 2.06 bits per heavy atom. The van der Waals surface area contributed by atoms with E-state index < -0.39 is 14.5 Å². The summed E-state index contributed by atoms with van der Waals surface area (Å²) in [6, 6.07) is 0. The lowest BCUT2D eigenvalue weighted by atomic mass is 10.5. The predicted molar refractivity (Wildman–Crippen MR) is 58.8 cm³/mol. The fourth-order valence-electron chi connectivity index (χ4n) is 1.10. The molecule has 9 nitrogen and oxygen atoms in total. The van der Waals surface area contributed by atoms with Crippen LogP contribution < -0.4 is 16.8 Å². The zero-order valence-electron chi connectivity index (χ0n) is 8.62.